The van der Waals surface area contributed by atoms with E-state index in [9.17, 15) is 4.79 Å². The summed E-state index contributed by atoms with van der Waals surface area (Å²) in [5.41, 5.74) is 14.6. The van der Waals surface area contributed by atoms with Crippen LogP contribution in [0.5, 0.6) is 0 Å². The van der Waals surface area contributed by atoms with Crippen molar-refractivity contribution < 1.29 is 4.79 Å². The Kier molecular flexibility index (Phi) is 4.86. The number of aromatic nitrogens is 3. The van der Waals surface area contributed by atoms with Gasteiger partial charge in [0, 0.05) is 49.1 Å². The molecule has 142 valence electrons. The largest absolute Gasteiger partial charge is 0.366 e. The van der Waals surface area contributed by atoms with Crippen molar-refractivity contribution in [2.45, 2.75) is 12.2 Å². The van der Waals surface area contributed by atoms with Gasteiger partial charge in [0.1, 0.15) is 12.0 Å². The van der Waals surface area contributed by atoms with E-state index in [2.05, 4.69) is 24.8 Å². The molecular weight excluding hydrogens is 354 g/mol. The molecule has 0 radical (unpaired) electrons. The number of hydrogen-bond acceptors (Lipinski definition) is 7. The first-order valence-electron chi connectivity index (χ1n) is 9.00. The minimum atomic E-state index is -0.455. The maximum atomic E-state index is 11.4. The zero-order chi connectivity index (χ0) is 19.5. The molecule has 0 bridgehead atoms. The van der Waals surface area contributed by atoms with E-state index >= 15 is 0 Å². The molecule has 3 heterocycles. The highest BCUT2D eigenvalue weighted by atomic mass is 16.1. The Morgan fingerprint density at radius 1 is 0.929 bits per heavy atom. The fourth-order valence-corrected chi connectivity index (χ4v) is 3.61. The molecule has 1 aliphatic heterocycles. The lowest BCUT2D eigenvalue weighted by Gasteiger charge is -2.47. The lowest BCUT2D eigenvalue weighted by molar-refractivity contribution is 0.100. The minimum Gasteiger partial charge on any atom is -0.366 e. The summed E-state index contributed by atoms with van der Waals surface area (Å²) in [6.07, 6.45) is 8.23. The van der Waals surface area contributed by atoms with Crippen LogP contribution in [0.3, 0.4) is 0 Å². The molecule has 8 nitrogen and oxygen atoms in total. The van der Waals surface area contributed by atoms with Crippen LogP contribution in [0.4, 0.5) is 11.5 Å². The van der Waals surface area contributed by atoms with Gasteiger partial charge in [0.25, 0.3) is 0 Å². The summed E-state index contributed by atoms with van der Waals surface area (Å²) in [7, 11) is 0. The van der Waals surface area contributed by atoms with Gasteiger partial charge in [-0.15, -0.1) is 0 Å². The van der Waals surface area contributed by atoms with Crippen LogP contribution in [0.15, 0.2) is 67.4 Å². The number of primary amides is 1. The van der Waals surface area contributed by atoms with Crippen molar-refractivity contribution >= 4 is 17.4 Å². The number of nitrogens with zero attached hydrogens (tertiary/aromatic N) is 5. The molecule has 4 N–H and O–H groups in total. The van der Waals surface area contributed by atoms with Crippen LogP contribution in [-0.4, -0.2) is 40.1 Å². The zero-order valence-corrected chi connectivity index (χ0v) is 15.2. The summed E-state index contributed by atoms with van der Waals surface area (Å²) in [6, 6.07) is 11.0. The molecule has 1 saturated heterocycles. The standard InChI is InChI=1S/C20H21N7O/c21-19-18(14-1-3-15(4-2-14)20(22)28)27(17-13-24-9-10-25-17)12-11-26(19)16-5-7-23-8-6-16/h1-10,13,18-19H,11-12,21H2,(H2,22,28). The smallest absolute Gasteiger partial charge is 0.248 e. The van der Waals surface area contributed by atoms with Crippen molar-refractivity contribution in [1.82, 2.24) is 15.0 Å². The Bertz CT molecular complexity index is 934. The van der Waals surface area contributed by atoms with Gasteiger partial charge in [-0.25, -0.2) is 4.98 Å². The summed E-state index contributed by atoms with van der Waals surface area (Å²) in [6.45, 7) is 1.45. The molecule has 0 aliphatic carbocycles. The average molecular weight is 375 g/mol. The van der Waals surface area contributed by atoms with E-state index in [-0.39, 0.29) is 12.2 Å². The van der Waals surface area contributed by atoms with Crippen LogP contribution >= 0.6 is 0 Å². The molecule has 3 aromatic rings. The number of carbonyl (C=O) groups excluding carboxylic acids is 1. The van der Waals surface area contributed by atoms with Gasteiger partial charge in [0.15, 0.2) is 0 Å². The van der Waals surface area contributed by atoms with Crippen molar-refractivity contribution in [3.63, 3.8) is 0 Å². The van der Waals surface area contributed by atoms with Crippen LogP contribution in [-0.2, 0) is 0 Å². The predicted octanol–water partition coefficient (Wildman–Crippen LogP) is 1.32. The number of pyridine rings is 1. The topological polar surface area (TPSA) is 114 Å². The first-order chi connectivity index (χ1) is 13.6. The second-order valence-electron chi connectivity index (χ2n) is 6.58. The van der Waals surface area contributed by atoms with Crippen LogP contribution in [0, 0.1) is 0 Å². The Labute approximate surface area is 162 Å². The van der Waals surface area contributed by atoms with Crippen molar-refractivity contribution in [1.29, 1.82) is 0 Å². The number of carbonyl (C=O) groups is 1. The van der Waals surface area contributed by atoms with Gasteiger partial charge < -0.3 is 21.3 Å². The van der Waals surface area contributed by atoms with E-state index in [0.717, 1.165) is 30.2 Å². The molecule has 0 saturated carbocycles. The summed E-state index contributed by atoms with van der Waals surface area (Å²) in [5, 5.41) is 0. The van der Waals surface area contributed by atoms with Crippen LogP contribution in [0.2, 0.25) is 0 Å². The van der Waals surface area contributed by atoms with Crippen molar-refractivity contribution in [3.8, 4) is 0 Å². The van der Waals surface area contributed by atoms with Gasteiger partial charge in [0.2, 0.25) is 5.91 Å². The number of rotatable bonds is 4. The SMILES string of the molecule is NC(=O)c1ccc(C2C(N)N(c3ccncc3)CCN2c2cnccn2)cc1. The van der Waals surface area contributed by atoms with E-state index in [0.29, 0.717) is 5.56 Å². The number of hydrogen-bond donors (Lipinski definition) is 2. The van der Waals surface area contributed by atoms with E-state index < -0.39 is 5.91 Å². The third-order valence-electron chi connectivity index (χ3n) is 4.98. The Morgan fingerprint density at radius 3 is 2.29 bits per heavy atom. The molecule has 28 heavy (non-hydrogen) atoms. The Balaban J connectivity index is 1.73. The summed E-state index contributed by atoms with van der Waals surface area (Å²) >= 11 is 0. The second-order valence-corrected chi connectivity index (χ2v) is 6.58. The predicted molar refractivity (Wildman–Crippen MR) is 107 cm³/mol. The number of anilines is 2. The van der Waals surface area contributed by atoms with Crippen molar-refractivity contribution in [2.75, 3.05) is 22.9 Å². The number of amides is 1. The fourth-order valence-electron chi connectivity index (χ4n) is 3.61. The molecule has 1 fully saturated rings. The first kappa shape index (κ1) is 17.9. The van der Waals surface area contributed by atoms with Gasteiger partial charge in [-0.05, 0) is 29.8 Å². The first-order valence-corrected chi connectivity index (χ1v) is 9.00. The van der Waals surface area contributed by atoms with Gasteiger partial charge in [-0.3, -0.25) is 14.8 Å². The third kappa shape index (κ3) is 3.37. The lowest BCUT2D eigenvalue weighted by Crippen LogP contribution is -2.59. The molecule has 0 spiro atoms. The van der Waals surface area contributed by atoms with Crippen molar-refractivity contribution in [3.05, 3.63) is 78.5 Å². The average Bonchev–Trinajstić information content (AvgIpc) is 2.75. The molecule has 4 rings (SSSR count). The maximum absolute atomic E-state index is 11.4. The molecule has 2 atom stereocenters. The lowest BCUT2D eigenvalue weighted by atomic mass is 9.97. The number of benzene rings is 1. The van der Waals surface area contributed by atoms with Gasteiger partial charge >= 0.3 is 0 Å². The van der Waals surface area contributed by atoms with Crippen LogP contribution in [0.25, 0.3) is 0 Å². The normalized spacial score (nSPS) is 19.5. The molecule has 1 aliphatic rings. The third-order valence-corrected chi connectivity index (χ3v) is 4.98. The second kappa shape index (κ2) is 7.61. The summed E-state index contributed by atoms with van der Waals surface area (Å²) < 4.78 is 0. The minimum absolute atomic E-state index is 0.180. The molecule has 1 amide bonds. The zero-order valence-electron chi connectivity index (χ0n) is 15.2. The van der Waals surface area contributed by atoms with Gasteiger partial charge in [0.05, 0.1) is 12.2 Å². The highest BCUT2D eigenvalue weighted by Gasteiger charge is 2.36. The maximum Gasteiger partial charge on any atom is 0.248 e. The van der Waals surface area contributed by atoms with Gasteiger partial charge in [-0.2, -0.15) is 0 Å². The molecular formula is C20H21N7O. The summed E-state index contributed by atoms with van der Waals surface area (Å²) in [4.78, 5) is 28.5. The molecule has 2 aromatic heterocycles. The molecule has 1 aromatic carbocycles. The monoisotopic (exact) mass is 375 g/mol. The van der Waals surface area contributed by atoms with E-state index in [1.807, 2.05) is 24.3 Å². The van der Waals surface area contributed by atoms with Crippen molar-refractivity contribution in [2.24, 2.45) is 11.5 Å². The Hall–Kier alpha value is -3.52. The number of nitrogens with two attached hydrogens (primary N) is 2. The summed E-state index contributed by atoms with van der Waals surface area (Å²) in [5.74, 6) is 0.306. The van der Waals surface area contributed by atoms with Crippen LogP contribution < -0.4 is 21.3 Å². The van der Waals surface area contributed by atoms with E-state index in [4.69, 9.17) is 11.5 Å². The highest BCUT2D eigenvalue weighted by Crippen LogP contribution is 2.34. The molecule has 2 unspecified atom stereocenters. The Morgan fingerprint density at radius 2 is 1.64 bits per heavy atom. The highest BCUT2D eigenvalue weighted by molar-refractivity contribution is 5.92. The van der Waals surface area contributed by atoms with Gasteiger partial charge in [-0.1, -0.05) is 12.1 Å². The van der Waals surface area contributed by atoms with Crippen LogP contribution in [0.1, 0.15) is 22.0 Å². The quantitative estimate of drug-likeness (QED) is 0.707. The van der Waals surface area contributed by atoms with E-state index in [1.54, 1.807) is 43.1 Å². The van der Waals surface area contributed by atoms with E-state index in [1.165, 1.54) is 0 Å². The number of piperazine rings is 1. The fraction of sp³-hybridized carbons (Fsp3) is 0.200. The molecule has 8 heteroatoms.